The van der Waals surface area contributed by atoms with E-state index < -0.39 is 0 Å². The molecule has 98 valence electrons. The van der Waals surface area contributed by atoms with E-state index in [4.69, 9.17) is 15.2 Å². The van der Waals surface area contributed by atoms with E-state index in [-0.39, 0.29) is 5.60 Å². The van der Waals surface area contributed by atoms with Gasteiger partial charge in [-0.3, -0.25) is 0 Å². The van der Waals surface area contributed by atoms with Crippen molar-refractivity contribution in [1.29, 1.82) is 0 Å². The first-order valence-corrected chi connectivity index (χ1v) is 7.93. The van der Waals surface area contributed by atoms with E-state index in [0.29, 0.717) is 17.2 Å². The van der Waals surface area contributed by atoms with Crippen molar-refractivity contribution < 1.29 is 9.47 Å². The molecule has 3 rings (SSSR count). The summed E-state index contributed by atoms with van der Waals surface area (Å²) in [4.78, 5) is 0. The van der Waals surface area contributed by atoms with Crippen molar-refractivity contribution in [3.63, 3.8) is 0 Å². The predicted octanol–water partition coefficient (Wildman–Crippen LogP) is 1.79. The normalized spacial score (nSPS) is 44.3. The first-order chi connectivity index (χ1) is 8.29. The zero-order valence-electron chi connectivity index (χ0n) is 10.4. The summed E-state index contributed by atoms with van der Waals surface area (Å²) < 4.78 is 11.5. The SMILES string of the molecule is NC(C1CCOC2(CCOC2)C1)C1CCCS1. The molecular formula is C13H23NO2S. The van der Waals surface area contributed by atoms with E-state index in [0.717, 1.165) is 39.1 Å². The van der Waals surface area contributed by atoms with Crippen molar-refractivity contribution in [2.24, 2.45) is 11.7 Å². The van der Waals surface area contributed by atoms with Crippen molar-refractivity contribution in [2.45, 2.75) is 49.0 Å². The third-order valence-corrected chi connectivity index (χ3v) is 6.04. The lowest BCUT2D eigenvalue weighted by Gasteiger charge is -2.40. The average molecular weight is 257 g/mol. The van der Waals surface area contributed by atoms with Crippen molar-refractivity contribution in [3.8, 4) is 0 Å². The lowest BCUT2D eigenvalue weighted by atomic mass is 9.80. The van der Waals surface area contributed by atoms with Gasteiger partial charge in [0.25, 0.3) is 0 Å². The van der Waals surface area contributed by atoms with Crippen LogP contribution in [0.25, 0.3) is 0 Å². The molecule has 1 spiro atoms. The summed E-state index contributed by atoms with van der Waals surface area (Å²) in [5.74, 6) is 1.94. The van der Waals surface area contributed by atoms with Crippen LogP contribution in [0.15, 0.2) is 0 Å². The Balaban J connectivity index is 1.62. The quantitative estimate of drug-likeness (QED) is 0.819. The topological polar surface area (TPSA) is 44.5 Å². The predicted molar refractivity (Wildman–Crippen MR) is 70.3 cm³/mol. The van der Waals surface area contributed by atoms with E-state index in [1.165, 1.54) is 18.6 Å². The van der Waals surface area contributed by atoms with E-state index >= 15 is 0 Å². The fraction of sp³-hybridized carbons (Fsp3) is 1.00. The lowest BCUT2D eigenvalue weighted by molar-refractivity contribution is -0.101. The van der Waals surface area contributed by atoms with Crippen LogP contribution in [0.3, 0.4) is 0 Å². The highest BCUT2D eigenvalue weighted by molar-refractivity contribution is 8.00. The van der Waals surface area contributed by atoms with Crippen LogP contribution in [0, 0.1) is 5.92 Å². The molecule has 0 aliphatic carbocycles. The Kier molecular flexibility index (Phi) is 3.67. The van der Waals surface area contributed by atoms with Gasteiger partial charge in [-0.15, -0.1) is 0 Å². The van der Waals surface area contributed by atoms with Crippen LogP contribution >= 0.6 is 11.8 Å². The maximum atomic E-state index is 6.49. The number of rotatable bonds is 2. The van der Waals surface area contributed by atoms with Crippen molar-refractivity contribution in [1.82, 2.24) is 0 Å². The third kappa shape index (κ3) is 2.50. The van der Waals surface area contributed by atoms with Crippen LogP contribution in [-0.2, 0) is 9.47 Å². The van der Waals surface area contributed by atoms with E-state index in [1.54, 1.807) is 0 Å². The van der Waals surface area contributed by atoms with Gasteiger partial charge in [-0.2, -0.15) is 11.8 Å². The molecule has 3 aliphatic rings. The molecule has 4 atom stereocenters. The largest absolute Gasteiger partial charge is 0.378 e. The second kappa shape index (κ2) is 5.08. The number of ether oxygens (including phenoxy) is 2. The number of hydrogen-bond acceptors (Lipinski definition) is 4. The molecule has 3 nitrogen and oxygen atoms in total. The molecule has 17 heavy (non-hydrogen) atoms. The van der Waals surface area contributed by atoms with Crippen LogP contribution in [-0.4, -0.2) is 42.5 Å². The summed E-state index contributed by atoms with van der Waals surface area (Å²) in [7, 11) is 0. The minimum atomic E-state index is 0.0177. The van der Waals surface area contributed by atoms with E-state index in [9.17, 15) is 0 Å². The van der Waals surface area contributed by atoms with E-state index in [1.807, 2.05) is 0 Å². The molecule has 0 aromatic heterocycles. The molecule has 3 saturated heterocycles. The molecule has 4 unspecified atom stereocenters. The molecular weight excluding hydrogens is 234 g/mol. The molecule has 3 fully saturated rings. The highest BCUT2D eigenvalue weighted by Crippen LogP contribution is 2.40. The van der Waals surface area contributed by atoms with E-state index in [2.05, 4.69) is 11.8 Å². The molecule has 0 radical (unpaired) electrons. The summed E-state index contributed by atoms with van der Waals surface area (Å²) in [6, 6.07) is 0.365. The highest BCUT2D eigenvalue weighted by atomic mass is 32.2. The Labute approximate surface area is 108 Å². The van der Waals surface area contributed by atoms with Crippen molar-refractivity contribution in [2.75, 3.05) is 25.6 Å². The van der Waals surface area contributed by atoms with Gasteiger partial charge in [-0.25, -0.2) is 0 Å². The zero-order chi connectivity index (χ0) is 11.7. The van der Waals surface area contributed by atoms with Crippen LogP contribution in [0.4, 0.5) is 0 Å². The molecule has 0 saturated carbocycles. The van der Waals surface area contributed by atoms with Gasteiger partial charge in [-0.1, -0.05) is 0 Å². The second-order valence-corrected chi connectivity index (χ2v) is 7.06. The van der Waals surface area contributed by atoms with Gasteiger partial charge in [0.05, 0.1) is 12.2 Å². The number of nitrogens with two attached hydrogens (primary N) is 1. The summed E-state index contributed by atoms with van der Waals surface area (Å²) >= 11 is 2.08. The standard InChI is InChI=1S/C13H23NO2S/c14-12(11-2-1-7-17-11)10-3-5-16-13(8-10)4-6-15-9-13/h10-12H,1-9,14H2. The maximum absolute atomic E-state index is 6.49. The van der Waals surface area contributed by atoms with Crippen molar-refractivity contribution >= 4 is 11.8 Å². The van der Waals surface area contributed by atoms with Gasteiger partial charge in [0.1, 0.15) is 0 Å². The molecule has 2 N–H and O–H groups in total. The van der Waals surface area contributed by atoms with Gasteiger partial charge in [0.15, 0.2) is 0 Å². The molecule has 0 aromatic carbocycles. The fourth-order valence-corrected chi connectivity index (χ4v) is 4.88. The Morgan fingerprint density at radius 2 is 2.24 bits per heavy atom. The maximum Gasteiger partial charge on any atom is 0.0939 e. The minimum absolute atomic E-state index is 0.0177. The van der Waals surface area contributed by atoms with Gasteiger partial charge in [0, 0.05) is 30.9 Å². The fourth-order valence-electron chi connectivity index (χ4n) is 3.47. The van der Waals surface area contributed by atoms with Crippen LogP contribution < -0.4 is 5.73 Å². The third-order valence-electron chi connectivity index (χ3n) is 4.54. The summed E-state index contributed by atoms with van der Waals surface area (Å²) in [6.45, 7) is 2.52. The Morgan fingerprint density at radius 1 is 1.29 bits per heavy atom. The summed E-state index contributed by atoms with van der Waals surface area (Å²) in [5, 5.41) is 0.692. The Hall–Kier alpha value is 0.230. The Bertz CT molecular complexity index is 262. The van der Waals surface area contributed by atoms with Gasteiger partial charge < -0.3 is 15.2 Å². The number of thioether (sulfide) groups is 1. The van der Waals surface area contributed by atoms with Gasteiger partial charge >= 0.3 is 0 Å². The molecule has 0 aromatic rings. The van der Waals surface area contributed by atoms with Gasteiger partial charge in [-0.05, 0) is 37.4 Å². The highest BCUT2D eigenvalue weighted by Gasteiger charge is 2.43. The van der Waals surface area contributed by atoms with Gasteiger partial charge in [0.2, 0.25) is 0 Å². The Morgan fingerprint density at radius 3 is 2.94 bits per heavy atom. The zero-order valence-corrected chi connectivity index (χ0v) is 11.2. The summed E-state index contributed by atoms with van der Waals surface area (Å²) in [5.41, 5.74) is 6.51. The van der Waals surface area contributed by atoms with Crippen molar-refractivity contribution in [3.05, 3.63) is 0 Å². The minimum Gasteiger partial charge on any atom is -0.378 e. The molecule has 3 aliphatic heterocycles. The first-order valence-electron chi connectivity index (χ1n) is 6.88. The lowest BCUT2D eigenvalue weighted by Crippen LogP contribution is -2.48. The van der Waals surface area contributed by atoms with Crippen LogP contribution in [0.5, 0.6) is 0 Å². The average Bonchev–Trinajstić information content (AvgIpc) is 3.00. The molecule has 4 heteroatoms. The number of hydrogen-bond donors (Lipinski definition) is 1. The smallest absolute Gasteiger partial charge is 0.0939 e. The molecule has 0 amide bonds. The first kappa shape index (κ1) is 12.3. The molecule has 0 bridgehead atoms. The van der Waals surface area contributed by atoms with Crippen LogP contribution in [0.1, 0.15) is 32.1 Å². The molecule has 3 heterocycles. The van der Waals surface area contributed by atoms with Crippen LogP contribution in [0.2, 0.25) is 0 Å². The second-order valence-electron chi connectivity index (χ2n) is 5.72. The monoisotopic (exact) mass is 257 g/mol. The summed E-state index contributed by atoms with van der Waals surface area (Å²) in [6.07, 6.45) is 5.98.